The van der Waals surface area contributed by atoms with Crippen molar-refractivity contribution in [2.45, 2.75) is 31.7 Å². The molecule has 4 rings (SSSR count). The highest BCUT2D eigenvalue weighted by Gasteiger charge is 2.35. The van der Waals surface area contributed by atoms with Crippen LogP contribution < -0.4 is 10.6 Å². The van der Waals surface area contributed by atoms with Crippen molar-refractivity contribution in [3.63, 3.8) is 0 Å². The van der Waals surface area contributed by atoms with Crippen LogP contribution in [-0.4, -0.2) is 35.4 Å². The molecule has 8 heteroatoms. The zero-order valence-corrected chi connectivity index (χ0v) is 17.0. The minimum atomic E-state index is -0.466. The van der Waals surface area contributed by atoms with E-state index >= 15 is 0 Å². The van der Waals surface area contributed by atoms with Crippen molar-refractivity contribution in [3.05, 3.63) is 58.6 Å². The molecule has 0 spiro atoms. The number of rotatable bonds is 6. The van der Waals surface area contributed by atoms with E-state index in [1.165, 1.54) is 11.8 Å². The van der Waals surface area contributed by atoms with E-state index < -0.39 is 5.50 Å². The van der Waals surface area contributed by atoms with E-state index in [0.717, 1.165) is 12.0 Å². The topological polar surface area (TPSA) is 93.5 Å². The first kappa shape index (κ1) is 19.7. The molecule has 0 aliphatic carbocycles. The SMILES string of the molecule is CCc1cncc(C(=O)NC2NC(c3ccco3)=C(C(=O)C3CCOCC3)S2)c1. The summed E-state index contributed by atoms with van der Waals surface area (Å²) in [6.45, 7) is 3.21. The van der Waals surface area contributed by atoms with Gasteiger partial charge in [0.1, 0.15) is 0 Å². The molecule has 29 heavy (non-hydrogen) atoms. The van der Waals surface area contributed by atoms with Crippen LogP contribution in [0.2, 0.25) is 0 Å². The normalized spacial score (nSPS) is 19.8. The number of thioether (sulfide) groups is 1. The van der Waals surface area contributed by atoms with Gasteiger partial charge in [0.05, 0.1) is 22.4 Å². The first-order valence-corrected chi connectivity index (χ1v) is 10.6. The van der Waals surface area contributed by atoms with Crippen LogP contribution in [0.15, 0.2) is 46.2 Å². The predicted octanol–water partition coefficient (Wildman–Crippen LogP) is 2.95. The molecule has 7 nitrogen and oxygen atoms in total. The molecule has 152 valence electrons. The number of carbonyl (C=O) groups is 2. The summed E-state index contributed by atoms with van der Waals surface area (Å²) in [5.41, 5.74) is 1.65. The maximum Gasteiger partial charge on any atom is 0.255 e. The summed E-state index contributed by atoms with van der Waals surface area (Å²) in [7, 11) is 0. The molecular weight excluding hydrogens is 390 g/mol. The van der Waals surface area contributed by atoms with Crippen LogP contribution in [0.25, 0.3) is 5.70 Å². The molecule has 2 aliphatic rings. The van der Waals surface area contributed by atoms with Crippen LogP contribution in [-0.2, 0) is 16.0 Å². The number of allylic oxidation sites excluding steroid dienone is 1. The largest absolute Gasteiger partial charge is 0.463 e. The summed E-state index contributed by atoms with van der Waals surface area (Å²) in [6.07, 6.45) is 7.09. The molecule has 1 saturated heterocycles. The fraction of sp³-hybridized carbons (Fsp3) is 0.381. The van der Waals surface area contributed by atoms with E-state index in [2.05, 4.69) is 15.6 Å². The standard InChI is InChI=1S/C21H23N3O4S/c1-2-13-10-15(12-22-11-13)20(26)24-21-23-17(16-4-3-7-28-16)19(29-21)18(25)14-5-8-27-9-6-14/h3-4,7,10-12,14,21,23H,2,5-6,8-9H2,1H3,(H,24,26). The number of ketones is 1. The van der Waals surface area contributed by atoms with Gasteiger partial charge in [0.25, 0.3) is 5.91 Å². The molecule has 2 aromatic rings. The number of furan rings is 1. The van der Waals surface area contributed by atoms with Gasteiger partial charge in [0.2, 0.25) is 0 Å². The number of amides is 1. The molecular formula is C21H23N3O4S. The number of nitrogens with one attached hydrogen (secondary N) is 2. The Morgan fingerprint density at radius 3 is 2.86 bits per heavy atom. The monoisotopic (exact) mass is 413 g/mol. The first-order chi connectivity index (χ1) is 14.2. The Balaban J connectivity index is 1.51. The third-order valence-electron chi connectivity index (χ3n) is 5.05. The molecule has 0 saturated carbocycles. The summed E-state index contributed by atoms with van der Waals surface area (Å²) in [5, 5.41) is 6.18. The number of nitrogens with zero attached hydrogens (tertiary/aromatic N) is 1. The second-order valence-corrected chi connectivity index (χ2v) is 8.10. The number of aromatic nitrogens is 1. The number of ether oxygens (including phenoxy) is 1. The van der Waals surface area contributed by atoms with Crippen LogP contribution in [0, 0.1) is 5.92 Å². The molecule has 1 amide bonds. The van der Waals surface area contributed by atoms with E-state index in [-0.39, 0.29) is 17.6 Å². The minimum Gasteiger partial charge on any atom is -0.463 e. The third-order valence-corrected chi connectivity index (χ3v) is 6.16. The number of aryl methyl sites for hydroxylation is 1. The number of hydrogen-bond acceptors (Lipinski definition) is 7. The summed E-state index contributed by atoms with van der Waals surface area (Å²) < 4.78 is 10.9. The van der Waals surface area contributed by atoms with Crippen LogP contribution in [0.5, 0.6) is 0 Å². The van der Waals surface area contributed by atoms with Gasteiger partial charge in [-0.15, -0.1) is 0 Å². The summed E-state index contributed by atoms with van der Waals surface area (Å²) >= 11 is 1.32. The molecule has 0 bridgehead atoms. The van der Waals surface area contributed by atoms with Crippen LogP contribution in [0.3, 0.4) is 0 Å². The van der Waals surface area contributed by atoms with Gasteiger partial charge in [-0.05, 0) is 43.0 Å². The Morgan fingerprint density at radius 1 is 1.31 bits per heavy atom. The lowest BCUT2D eigenvalue weighted by molar-refractivity contribution is -0.121. The Bertz CT molecular complexity index is 920. The zero-order chi connectivity index (χ0) is 20.2. The molecule has 1 unspecified atom stereocenters. The van der Waals surface area contributed by atoms with Crippen molar-refractivity contribution in [2.24, 2.45) is 5.92 Å². The van der Waals surface area contributed by atoms with E-state index in [1.54, 1.807) is 30.8 Å². The lowest BCUT2D eigenvalue weighted by atomic mass is 9.94. The Hall–Kier alpha value is -2.58. The second kappa shape index (κ2) is 8.84. The predicted molar refractivity (Wildman–Crippen MR) is 110 cm³/mol. The Labute approximate surface area is 173 Å². The smallest absolute Gasteiger partial charge is 0.255 e. The first-order valence-electron chi connectivity index (χ1n) is 9.73. The van der Waals surface area contributed by atoms with Crippen molar-refractivity contribution in [3.8, 4) is 0 Å². The summed E-state index contributed by atoms with van der Waals surface area (Å²) in [5.74, 6) is 0.345. The van der Waals surface area contributed by atoms with Gasteiger partial charge in [-0.1, -0.05) is 18.7 Å². The molecule has 1 atom stereocenters. The van der Waals surface area contributed by atoms with Gasteiger partial charge >= 0.3 is 0 Å². The lowest BCUT2D eigenvalue weighted by Crippen LogP contribution is -2.39. The maximum atomic E-state index is 13.2. The zero-order valence-electron chi connectivity index (χ0n) is 16.1. The van der Waals surface area contributed by atoms with Crippen molar-refractivity contribution in [1.29, 1.82) is 0 Å². The highest BCUT2D eigenvalue weighted by Crippen LogP contribution is 2.38. The van der Waals surface area contributed by atoms with Crippen molar-refractivity contribution in [2.75, 3.05) is 13.2 Å². The number of Topliss-reactive ketones (excluding diaryl/α,β-unsaturated/α-hetero) is 1. The quantitative estimate of drug-likeness (QED) is 0.752. The van der Waals surface area contributed by atoms with E-state index in [0.29, 0.717) is 48.0 Å². The van der Waals surface area contributed by atoms with Gasteiger partial charge in [0.15, 0.2) is 17.0 Å². The van der Waals surface area contributed by atoms with Crippen molar-refractivity contribution >= 4 is 29.1 Å². The molecule has 2 aliphatic heterocycles. The molecule has 1 fully saturated rings. The molecule has 0 radical (unpaired) electrons. The van der Waals surface area contributed by atoms with Gasteiger partial charge in [0, 0.05) is 31.5 Å². The number of pyridine rings is 1. The maximum absolute atomic E-state index is 13.2. The van der Waals surface area contributed by atoms with Crippen LogP contribution in [0.1, 0.15) is 41.4 Å². The molecule has 2 aromatic heterocycles. The van der Waals surface area contributed by atoms with E-state index in [9.17, 15) is 9.59 Å². The van der Waals surface area contributed by atoms with E-state index in [1.807, 2.05) is 13.0 Å². The third kappa shape index (κ3) is 4.38. The average molecular weight is 413 g/mol. The number of carbonyl (C=O) groups excluding carboxylic acids is 2. The molecule has 4 heterocycles. The minimum absolute atomic E-state index is 0.0714. The Morgan fingerprint density at radius 2 is 2.14 bits per heavy atom. The van der Waals surface area contributed by atoms with Crippen LogP contribution in [0.4, 0.5) is 0 Å². The fourth-order valence-corrected chi connectivity index (χ4v) is 4.54. The molecule has 0 aromatic carbocycles. The highest BCUT2D eigenvalue weighted by molar-refractivity contribution is 8.05. The van der Waals surface area contributed by atoms with Gasteiger partial charge in [-0.25, -0.2) is 0 Å². The van der Waals surface area contributed by atoms with Gasteiger partial charge in [-0.2, -0.15) is 0 Å². The number of hydrogen-bond donors (Lipinski definition) is 2. The average Bonchev–Trinajstić information content (AvgIpc) is 3.44. The van der Waals surface area contributed by atoms with Crippen molar-refractivity contribution < 1.29 is 18.7 Å². The summed E-state index contributed by atoms with van der Waals surface area (Å²) in [4.78, 5) is 30.6. The lowest BCUT2D eigenvalue weighted by Gasteiger charge is -2.21. The Kier molecular flexibility index (Phi) is 6.01. The second-order valence-electron chi connectivity index (χ2n) is 6.98. The molecule has 2 N–H and O–H groups in total. The van der Waals surface area contributed by atoms with E-state index in [4.69, 9.17) is 9.15 Å². The van der Waals surface area contributed by atoms with Crippen molar-refractivity contribution in [1.82, 2.24) is 15.6 Å². The fourth-order valence-electron chi connectivity index (χ4n) is 3.41. The highest BCUT2D eigenvalue weighted by atomic mass is 32.2. The van der Waals surface area contributed by atoms with Crippen LogP contribution >= 0.6 is 11.8 Å². The van der Waals surface area contributed by atoms with Gasteiger partial charge in [-0.3, -0.25) is 14.6 Å². The van der Waals surface area contributed by atoms with Gasteiger partial charge < -0.3 is 19.8 Å². The summed E-state index contributed by atoms with van der Waals surface area (Å²) in [6, 6.07) is 5.41.